The lowest BCUT2D eigenvalue weighted by molar-refractivity contribution is -0.137. The van der Waals surface area contributed by atoms with Crippen molar-refractivity contribution in [3.63, 3.8) is 0 Å². The maximum atomic E-state index is 12.5. The summed E-state index contributed by atoms with van der Waals surface area (Å²) in [6.45, 7) is 1.94. The molecule has 0 unspecified atom stereocenters. The Morgan fingerprint density at radius 3 is 2.42 bits per heavy atom. The van der Waals surface area contributed by atoms with E-state index in [1.165, 1.54) is 6.07 Å². The second-order valence-corrected chi connectivity index (χ2v) is 5.92. The predicted octanol–water partition coefficient (Wildman–Crippen LogP) is 4.14. The highest BCUT2D eigenvalue weighted by molar-refractivity contribution is 9.10. The molecule has 1 fully saturated rings. The number of rotatable bonds is 2. The third kappa shape index (κ3) is 3.11. The molecule has 1 aromatic carbocycles. The second-order valence-electron chi connectivity index (χ2n) is 5.06. The number of hydrogen-bond donors (Lipinski definition) is 1. The molecule has 104 valence electrons. The summed E-state index contributed by atoms with van der Waals surface area (Å²) in [4.78, 5) is 12.0. The van der Waals surface area contributed by atoms with Crippen LogP contribution in [0.5, 0.6) is 0 Å². The molecule has 0 atom stereocenters. The number of carbonyl (C=O) groups excluding carboxylic acids is 1. The number of hydrogen-bond acceptors (Lipinski definition) is 1. The zero-order chi connectivity index (χ0) is 14.3. The van der Waals surface area contributed by atoms with E-state index < -0.39 is 11.7 Å². The Morgan fingerprint density at radius 2 is 2.00 bits per heavy atom. The zero-order valence-corrected chi connectivity index (χ0v) is 11.9. The van der Waals surface area contributed by atoms with Gasteiger partial charge in [0.05, 0.1) is 11.1 Å². The van der Waals surface area contributed by atoms with Crippen LogP contribution in [-0.4, -0.2) is 11.4 Å². The van der Waals surface area contributed by atoms with Gasteiger partial charge < -0.3 is 5.32 Å². The lowest BCUT2D eigenvalue weighted by atomic mass is 9.78. The monoisotopic (exact) mass is 335 g/mol. The van der Waals surface area contributed by atoms with Gasteiger partial charge in [0.25, 0.3) is 5.91 Å². The van der Waals surface area contributed by atoms with Crippen LogP contribution in [0.25, 0.3) is 0 Å². The first-order valence-electron chi connectivity index (χ1n) is 5.91. The molecule has 0 aliphatic heterocycles. The van der Waals surface area contributed by atoms with Crippen LogP contribution in [0.3, 0.4) is 0 Å². The van der Waals surface area contributed by atoms with Gasteiger partial charge in [-0.3, -0.25) is 4.79 Å². The van der Waals surface area contributed by atoms with Gasteiger partial charge in [-0.1, -0.05) is 0 Å². The molecule has 0 spiro atoms. The molecule has 6 heteroatoms. The third-order valence-electron chi connectivity index (χ3n) is 3.41. The number of carbonyl (C=O) groups is 1. The van der Waals surface area contributed by atoms with Crippen LogP contribution in [-0.2, 0) is 6.18 Å². The minimum absolute atomic E-state index is 0.155. The summed E-state index contributed by atoms with van der Waals surface area (Å²) in [6, 6.07) is 3.05. The van der Waals surface area contributed by atoms with E-state index in [4.69, 9.17) is 0 Å². The van der Waals surface area contributed by atoms with Crippen molar-refractivity contribution in [1.82, 2.24) is 5.32 Å². The van der Waals surface area contributed by atoms with Gasteiger partial charge in [0.1, 0.15) is 0 Å². The smallest absolute Gasteiger partial charge is 0.347 e. The Morgan fingerprint density at radius 1 is 1.37 bits per heavy atom. The topological polar surface area (TPSA) is 29.1 Å². The van der Waals surface area contributed by atoms with Gasteiger partial charge in [0.2, 0.25) is 0 Å². The van der Waals surface area contributed by atoms with Gasteiger partial charge in [-0.15, -0.1) is 0 Å². The number of nitrogens with one attached hydrogen (secondary N) is 1. The molecule has 2 nitrogen and oxygen atoms in total. The summed E-state index contributed by atoms with van der Waals surface area (Å²) in [6.07, 6.45) is -1.55. The normalized spacial score (nSPS) is 17.7. The molecule has 1 amide bonds. The standard InChI is InChI=1S/C13H13BrF3NO/c1-12(5-2-6-12)18-11(19)9-4-3-8(7-10(9)14)13(15,16)17/h3-4,7H,2,5-6H2,1H3,(H,18,19). The average Bonchev–Trinajstić information content (AvgIpc) is 2.25. The molecule has 1 aromatic rings. The van der Waals surface area contributed by atoms with Crippen molar-refractivity contribution in [1.29, 1.82) is 0 Å². The summed E-state index contributed by atoms with van der Waals surface area (Å²) in [5.74, 6) is -0.345. The van der Waals surface area contributed by atoms with Crippen LogP contribution in [0.15, 0.2) is 22.7 Å². The summed E-state index contributed by atoms with van der Waals surface area (Å²) < 4.78 is 37.7. The Bertz CT molecular complexity index is 509. The maximum absolute atomic E-state index is 12.5. The van der Waals surface area contributed by atoms with E-state index in [2.05, 4.69) is 21.2 Å². The van der Waals surface area contributed by atoms with E-state index >= 15 is 0 Å². The molecule has 1 N–H and O–H groups in total. The maximum Gasteiger partial charge on any atom is 0.416 e. The lowest BCUT2D eigenvalue weighted by Gasteiger charge is -2.39. The van der Waals surface area contributed by atoms with E-state index in [-0.39, 0.29) is 21.5 Å². The van der Waals surface area contributed by atoms with E-state index in [1.54, 1.807) is 0 Å². The zero-order valence-electron chi connectivity index (χ0n) is 10.3. The van der Waals surface area contributed by atoms with Crippen LogP contribution in [0.4, 0.5) is 13.2 Å². The van der Waals surface area contributed by atoms with Gasteiger partial charge in [-0.05, 0) is 60.3 Å². The second kappa shape index (κ2) is 4.81. The highest BCUT2D eigenvalue weighted by Gasteiger charge is 2.35. The Labute approximate surface area is 117 Å². The number of benzene rings is 1. The van der Waals surface area contributed by atoms with Gasteiger partial charge in [-0.2, -0.15) is 13.2 Å². The quantitative estimate of drug-likeness (QED) is 0.864. The first-order valence-corrected chi connectivity index (χ1v) is 6.70. The van der Waals surface area contributed by atoms with Crippen molar-refractivity contribution in [3.8, 4) is 0 Å². The molecule has 19 heavy (non-hydrogen) atoms. The van der Waals surface area contributed by atoms with Crippen molar-refractivity contribution >= 4 is 21.8 Å². The van der Waals surface area contributed by atoms with Crippen LogP contribution < -0.4 is 5.32 Å². The lowest BCUT2D eigenvalue weighted by Crippen LogP contribution is -2.51. The van der Waals surface area contributed by atoms with Crippen molar-refractivity contribution in [2.24, 2.45) is 0 Å². The molecule has 0 radical (unpaired) electrons. The molecule has 0 aromatic heterocycles. The van der Waals surface area contributed by atoms with Gasteiger partial charge in [0.15, 0.2) is 0 Å². The Kier molecular flexibility index (Phi) is 3.64. The van der Waals surface area contributed by atoms with Crippen LogP contribution >= 0.6 is 15.9 Å². The molecular formula is C13H13BrF3NO. The summed E-state index contributed by atoms with van der Waals surface area (Å²) in [5.41, 5.74) is -0.772. The molecule has 0 heterocycles. The molecule has 1 aliphatic carbocycles. The highest BCUT2D eigenvalue weighted by atomic mass is 79.9. The summed E-state index contributed by atoms with van der Waals surface area (Å²) in [7, 11) is 0. The van der Waals surface area contributed by atoms with Crippen LogP contribution in [0.2, 0.25) is 0 Å². The van der Waals surface area contributed by atoms with E-state index in [0.29, 0.717) is 0 Å². The van der Waals surface area contributed by atoms with Crippen molar-refractivity contribution in [2.45, 2.75) is 37.9 Å². The fourth-order valence-corrected chi connectivity index (χ4v) is 2.61. The number of halogens is 4. The van der Waals surface area contributed by atoms with Crippen LogP contribution in [0, 0.1) is 0 Å². The van der Waals surface area contributed by atoms with Crippen molar-refractivity contribution in [2.75, 3.05) is 0 Å². The minimum Gasteiger partial charge on any atom is -0.347 e. The van der Waals surface area contributed by atoms with E-state index in [0.717, 1.165) is 31.4 Å². The predicted molar refractivity (Wildman–Crippen MR) is 68.9 cm³/mol. The third-order valence-corrected chi connectivity index (χ3v) is 4.07. The Hall–Kier alpha value is -1.04. The molecular weight excluding hydrogens is 323 g/mol. The van der Waals surface area contributed by atoms with Crippen molar-refractivity contribution in [3.05, 3.63) is 33.8 Å². The molecule has 0 bridgehead atoms. The van der Waals surface area contributed by atoms with Gasteiger partial charge >= 0.3 is 6.18 Å². The average molecular weight is 336 g/mol. The molecule has 1 saturated carbocycles. The molecule has 2 rings (SSSR count). The summed E-state index contributed by atoms with van der Waals surface area (Å²) in [5, 5.41) is 2.86. The summed E-state index contributed by atoms with van der Waals surface area (Å²) >= 11 is 3.03. The fourth-order valence-electron chi connectivity index (χ4n) is 2.05. The largest absolute Gasteiger partial charge is 0.416 e. The highest BCUT2D eigenvalue weighted by Crippen LogP contribution is 2.34. The first kappa shape index (κ1) is 14.4. The van der Waals surface area contributed by atoms with Crippen LogP contribution in [0.1, 0.15) is 42.1 Å². The van der Waals surface area contributed by atoms with E-state index in [1.807, 2.05) is 6.92 Å². The first-order chi connectivity index (χ1) is 8.71. The minimum atomic E-state index is -4.41. The number of amides is 1. The van der Waals surface area contributed by atoms with Gasteiger partial charge in [0, 0.05) is 10.0 Å². The molecule has 1 aliphatic rings. The molecule has 0 saturated heterocycles. The van der Waals surface area contributed by atoms with Crippen molar-refractivity contribution < 1.29 is 18.0 Å². The van der Waals surface area contributed by atoms with Gasteiger partial charge in [-0.25, -0.2) is 0 Å². The van der Waals surface area contributed by atoms with E-state index in [9.17, 15) is 18.0 Å². The SMILES string of the molecule is CC1(NC(=O)c2ccc(C(F)(F)F)cc2Br)CCC1. The fraction of sp³-hybridized carbons (Fsp3) is 0.462. The Balaban J connectivity index is 2.19. The number of alkyl halides is 3.